The summed E-state index contributed by atoms with van der Waals surface area (Å²) in [6.45, 7) is 2.15. The Morgan fingerprint density at radius 2 is 2.00 bits per heavy atom. The molecule has 0 aliphatic rings. The fourth-order valence-electron chi connectivity index (χ4n) is 1.22. The van der Waals surface area contributed by atoms with Crippen LogP contribution in [0.15, 0.2) is 0 Å². The lowest BCUT2D eigenvalue weighted by Crippen LogP contribution is -2.21. The minimum Gasteiger partial charge on any atom is -0.369 e. The number of hydrogen-bond donors (Lipinski definition) is 1. The van der Waals surface area contributed by atoms with Crippen LogP contribution in [0.2, 0.25) is 0 Å². The van der Waals surface area contributed by atoms with Crippen molar-refractivity contribution in [2.45, 2.75) is 45.4 Å². The molecule has 0 aliphatic carbocycles. The molecule has 0 aromatic carbocycles. The summed E-state index contributed by atoms with van der Waals surface area (Å²) in [4.78, 5) is 10.7. The van der Waals surface area contributed by atoms with E-state index < -0.39 is 11.8 Å². The predicted molar refractivity (Wildman–Crippen MR) is 51.7 cm³/mol. The zero-order valence-corrected chi connectivity index (χ0v) is 8.25. The van der Waals surface area contributed by atoms with E-state index in [2.05, 4.69) is 6.92 Å². The van der Waals surface area contributed by atoms with Gasteiger partial charge in [0.1, 0.15) is 5.92 Å². The first-order chi connectivity index (χ1) is 6.22. The molecule has 0 radical (unpaired) electrons. The van der Waals surface area contributed by atoms with E-state index in [0.29, 0.717) is 6.42 Å². The molecule has 0 spiro atoms. The largest absolute Gasteiger partial charge is 0.369 e. The highest BCUT2D eigenvalue weighted by Gasteiger charge is 2.12. The van der Waals surface area contributed by atoms with Crippen molar-refractivity contribution in [1.29, 1.82) is 5.26 Å². The molecule has 0 saturated heterocycles. The average molecular weight is 182 g/mol. The van der Waals surface area contributed by atoms with Gasteiger partial charge in [0.25, 0.3) is 0 Å². The van der Waals surface area contributed by atoms with Gasteiger partial charge in [0, 0.05) is 0 Å². The van der Waals surface area contributed by atoms with Crippen LogP contribution in [0.25, 0.3) is 0 Å². The van der Waals surface area contributed by atoms with Crippen LogP contribution < -0.4 is 5.73 Å². The average Bonchev–Trinajstić information content (AvgIpc) is 2.10. The summed E-state index contributed by atoms with van der Waals surface area (Å²) in [5.74, 6) is -1.07. The number of carbonyl (C=O) groups excluding carboxylic acids is 1. The van der Waals surface area contributed by atoms with Crippen LogP contribution in [0.3, 0.4) is 0 Å². The van der Waals surface area contributed by atoms with Gasteiger partial charge < -0.3 is 5.73 Å². The number of primary amides is 1. The third-order valence-electron chi connectivity index (χ3n) is 2.10. The van der Waals surface area contributed by atoms with Crippen molar-refractivity contribution < 1.29 is 4.79 Å². The SMILES string of the molecule is CCCCCCCC(C#N)C(N)=O. The van der Waals surface area contributed by atoms with Gasteiger partial charge in [-0.2, -0.15) is 5.26 Å². The predicted octanol–water partition coefficient (Wildman–Crippen LogP) is 1.97. The van der Waals surface area contributed by atoms with Gasteiger partial charge in [-0.3, -0.25) is 4.79 Å². The molecule has 0 saturated carbocycles. The molecule has 0 aromatic rings. The van der Waals surface area contributed by atoms with Gasteiger partial charge in [-0.05, 0) is 6.42 Å². The summed E-state index contributed by atoms with van der Waals surface area (Å²) >= 11 is 0. The Labute approximate surface area is 79.9 Å². The number of amides is 1. The Bertz CT molecular complexity index is 184. The Kier molecular flexibility index (Phi) is 6.99. The molecule has 0 rings (SSSR count). The maximum absolute atomic E-state index is 10.7. The molecule has 1 unspecified atom stereocenters. The molecule has 3 nitrogen and oxygen atoms in total. The fourth-order valence-corrected chi connectivity index (χ4v) is 1.22. The third kappa shape index (κ3) is 6.15. The summed E-state index contributed by atoms with van der Waals surface area (Å²) in [7, 11) is 0. The fraction of sp³-hybridized carbons (Fsp3) is 0.800. The maximum atomic E-state index is 10.7. The quantitative estimate of drug-likeness (QED) is 0.612. The van der Waals surface area contributed by atoms with Gasteiger partial charge in [-0.1, -0.05) is 39.0 Å². The lowest BCUT2D eigenvalue weighted by atomic mass is 10.0. The second-order valence-corrected chi connectivity index (χ2v) is 3.29. The molecule has 74 valence electrons. The number of hydrogen-bond acceptors (Lipinski definition) is 2. The number of nitrogens with zero attached hydrogens (tertiary/aromatic N) is 1. The first-order valence-corrected chi connectivity index (χ1v) is 4.91. The lowest BCUT2D eigenvalue weighted by Gasteiger charge is -2.03. The molecular formula is C10H18N2O. The van der Waals surface area contributed by atoms with Gasteiger partial charge in [0.05, 0.1) is 6.07 Å². The van der Waals surface area contributed by atoms with E-state index in [1.165, 1.54) is 19.3 Å². The van der Waals surface area contributed by atoms with Crippen molar-refractivity contribution in [3.05, 3.63) is 0 Å². The van der Waals surface area contributed by atoms with Crippen LogP contribution in [-0.2, 0) is 4.79 Å². The standard InChI is InChI=1S/C10H18N2O/c1-2-3-4-5-6-7-9(8-11)10(12)13/h9H,2-7H2,1H3,(H2,12,13). The van der Waals surface area contributed by atoms with Gasteiger partial charge in [0.2, 0.25) is 5.91 Å². The van der Waals surface area contributed by atoms with Crippen molar-refractivity contribution >= 4 is 5.91 Å². The summed E-state index contributed by atoms with van der Waals surface area (Å²) in [6, 6.07) is 1.92. The molecule has 0 fully saturated rings. The Balaban J connectivity index is 3.41. The molecule has 3 heteroatoms. The Hall–Kier alpha value is -1.04. The van der Waals surface area contributed by atoms with Crippen LogP contribution in [0, 0.1) is 17.2 Å². The van der Waals surface area contributed by atoms with E-state index in [1.807, 2.05) is 6.07 Å². The van der Waals surface area contributed by atoms with Crippen LogP contribution in [0.4, 0.5) is 0 Å². The van der Waals surface area contributed by atoms with E-state index >= 15 is 0 Å². The smallest absolute Gasteiger partial charge is 0.234 e. The van der Waals surface area contributed by atoms with Crippen LogP contribution in [-0.4, -0.2) is 5.91 Å². The normalized spacial score (nSPS) is 12.0. The van der Waals surface area contributed by atoms with Crippen molar-refractivity contribution in [2.24, 2.45) is 11.7 Å². The van der Waals surface area contributed by atoms with Gasteiger partial charge in [0.15, 0.2) is 0 Å². The van der Waals surface area contributed by atoms with E-state index in [0.717, 1.165) is 12.8 Å². The van der Waals surface area contributed by atoms with Crippen molar-refractivity contribution in [2.75, 3.05) is 0 Å². The third-order valence-corrected chi connectivity index (χ3v) is 2.10. The minimum absolute atomic E-state index is 0.488. The number of nitriles is 1. The van der Waals surface area contributed by atoms with Gasteiger partial charge in [-0.15, -0.1) is 0 Å². The van der Waals surface area contributed by atoms with E-state index in [-0.39, 0.29) is 0 Å². The monoisotopic (exact) mass is 182 g/mol. The molecule has 0 bridgehead atoms. The highest BCUT2D eigenvalue weighted by molar-refractivity contribution is 5.79. The van der Waals surface area contributed by atoms with Crippen LogP contribution >= 0.6 is 0 Å². The Morgan fingerprint density at radius 1 is 1.38 bits per heavy atom. The molecule has 2 N–H and O–H groups in total. The van der Waals surface area contributed by atoms with Crippen molar-refractivity contribution in [1.82, 2.24) is 0 Å². The zero-order valence-electron chi connectivity index (χ0n) is 8.25. The van der Waals surface area contributed by atoms with E-state index in [9.17, 15) is 4.79 Å². The molecule has 1 amide bonds. The number of carbonyl (C=O) groups is 1. The second kappa shape index (κ2) is 7.60. The number of unbranched alkanes of at least 4 members (excludes halogenated alkanes) is 4. The van der Waals surface area contributed by atoms with E-state index in [1.54, 1.807) is 0 Å². The van der Waals surface area contributed by atoms with Crippen LogP contribution in [0.5, 0.6) is 0 Å². The summed E-state index contributed by atoms with van der Waals surface area (Å²) in [6.07, 6.45) is 6.27. The van der Waals surface area contributed by atoms with Crippen LogP contribution in [0.1, 0.15) is 45.4 Å². The summed E-state index contributed by atoms with van der Waals surface area (Å²) in [5.41, 5.74) is 5.03. The summed E-state index contributed by atoms with van der Waals surface area (Å²) in [5, 5.41) is 8.55. The highest BCUT2D eigenvalue weighted by Crippen LogP contribution is 2.10. The highest BCUT2D eigenvalue weighted by atomic mass is 16.1. The number of rotatable bonds is 7. The lowest BCUT2D eigenvalue weighted by molar-refractivity contribution is -0.120. The molecule has 13 heavy (non-hydrogen) atoms. The maximum Gasteiger partial charge on any atom is 0.234 e. The molecular weight excluding hydrogens is 164 g/mol. The second-order valence-electron chi connectivity index (χ2n) is 3.29. The molecule has 0 aliphatic heterocycles. The number of nitrogens with two attached hydrogens (primary N) is 1. The van der Waals surface area contributed by atoms with Gasteiger partial charge in [-0.25, -0.2) is 0 Å². The topological polar surface area (TPSA) is 66.9 Å². The Morgan fingerprint density at radius 3 is 2.46 bits per heavy atom. The molecule has 0 heterocycles. The molecule has 1 atom stereocenters. The minimum atomic E-state index is -0.582. The van der Waals surface area contributed by atoms with Crippen molar-refractivity contribution in [3.63, 3.8) is 0 Å². The van der Waals surface area contributed by atoms with Gasteiger partial charge >= 0.3 is 0 Å². The first kappa shape index (κ1) is 12.0. The first-order valence-electron chi connectivity index (χ1n) is 4.91. The zero-order chi connectivity index (χ0) is 10.1. The summed E-state index contributed by atoms with van der Waals surface area (Å²) < 4.78 is 0. The molecule has 0 aromatic heterocycles. The van der Waals surface area contributed by atoms with Crippen molar-refractivity contribution in [3.8, 4) is 6.07 Å². The van der Waals surface area contributed by atoms with E-state index in [4.69, 9.17) is 11.0 Å².